The molecule has 2 bridgehead atoms. The molecule has 0 radical (unpaired) electrons. The molecule has 36 heavy (non-hydrogen) atoms. The summed E-state index contributed by atoms with van der Waals surface area (Å²) in [6.45, 7) is 6.59. The molecule has 8 atom stereocenters. The second-order valence-electron chi connectivity index (χ2n) is 11.0. The summed E-state index contributed by atoms with van der Waals surface area (Å²) in [5, 5.41) is 12.2. The van der Waals surface area contributed by atoms with Gasteiger partial charge in [0.05, 0.1) is 6.42 Å². The number of benzene rings is 1. The minimum absolute atomic E-state index is 0.0318. The van der Waals surface area contributed by atoms with Crippen LogP contribution in [0.2, 0.25) is 0 Å². The smallest absolute Gasteiger partial charge is 0.308 e. The summed E-state index contributed by atoms with van der Waals surface area (Å²) in [7, 11) is 0. The van der Waals surface area contributed by atoms with Crippen molar-refractivity contribution in [3.05, 3.63) is 29.8 Å². The van der Waals surface area contributed by atoms with Crippen molar-refractivity contribution in [3.8, 4) is 5.75 Å². The fraction of sp³-hybridized carbons (Fsp3) is 0.704. The summed E-state index contributed by atoms with van der Waals surface area (Å²) in [4.78, 5) is 36.8. The number of carbonyl (C=O) groups is 2. The molecule has 4 saturated heterocycles. The number of hydrogen-bond donors (Lipinski definition) is 2. The number of fused-ring (bicyclic) bond motifs is 2. The van der Waals surface area contributed by atoms with E-state index in [1.165, 1.54) is 0 Å². The van der Waals surface area contributed by atoms with Crippen molar-refractivity contribution in [1.82, 2.24) is 5.32 Å². The number of ether oxygens (including phenoxy) is 3. The van der Waals surface area contributed by atoms with Crippen molar-refractivity contribution in [2.24, 2.45) is 23.7 Å². The largest absolute Gasteiger partial charge is 0.508 e. The SMILES string of the molecule is C[C@H]1[C@H](OC(=O)CCC(=O)NCCc2ccc(O)cc2)O[C@@H]2O[C@]3(C)CC[C@H]4[C@H](C)CC[C@@H]1[C@@]24OO3. The van der Waals surface area contributed by atoms with Gasteiger partial charge in [0.2, 0.25) is 18.0 Å². The van der Waals surface area contributed by atoms with Crippen LogP contribution in [0.1, 0.15) is 64.9 Å². The van der Waals surface area contributed by atoms with E-state index in [1.54, 1.807) is 12.1 Å². The number of amides is 1. The first-order valence-corrected chi connectivity index (χ1v) is 13.1. The maximum atomic E-state index is 12.7. The molecular formula is C27H37NO8. The van der Waals surface area contributed by atoms with Crippen LogP contribution in [0.3, 0.4) is 0 Å². The van der Waals surface area contributed by atoms with Crippen molar-refractivity contribution in [3.63, 3.8) is 0 Å². The Bertz CT molecular complexity index is 969. The number of phenolic OH excluding ortho intramolecular Hbond substituents is 1. The van der Waals surface area contributed by atoms with Gasteiger partial charge in [-0.1, -0.05) is 26.0 Å². The third kappa shape index (κ3) is 4.74. The molecule has 1 saturated carbocycles. The molecular weight excluding hydrogens is 466 g/mol. The number of esters is 1. The topological polar surface area (TPSA) is 113 Å². The van der Waals surface area contributed by atoms with Gasteiger partial charge in [-0.15, -0.1) is 0 Å². The lowest BCUT2D eigenvalue weighted by Crippen LogP contribution is -2.70. The Hall–Kier alpha value is -2.20. The van der Waals surface area contributed by atoms with Crippen LogP contribution >= 0.6 is 0 Å². The van der Waals surface area contributed by atoms with Crippen LogP contribution in [-0.2, 0) is 40.0 Å². The highest BCUT2D eigenvalue weighted by atomic mass is 17.3. The van der Waals surface area contributed by atoms with Crippen LogP contribution in [0.25, 0.3) is 0 Å². The standard InChI is InChI=1S/C27H37NO8/c1-16-4-9-21-17(2)24(33-25-27(21)20(16)12-14-26(3,34-25)35-36-27)32-23(31)11-10-22(30)28-15-13-18-5-7-19(29)8-6-18/h5-8,16-17,20-21,24-25,29H,4,9-15H2,1-3H3,(H,28,30)/t16-,17-,20+,21+,24-,25-,26+,27-/m1/s1. The van der Waals surface area contributed by atoms with E-state index in [-0.39, 0.29) is 42.3 Å². The van der Waals surface area contributed by atoms with E-state index >= 15 is 0 Å². The van der Waals surface area contributed by atoms with E-state index < -0.39 is 29.9 Å². The quantitative estimate of drug-likeness (QED) is 0.429. The number of nitrogens with one attached hydrogen (secondary N) is 1. The molecule has 1 aliphatic carbocycles. The average molecular weight is 504 g/mol. The van der Waals surface area contributed by atoms with E-state index in [0.717, 1.165) is 31.2 Å². The maximum Gasteiger partial charge on any atom is 0.308 e. The van der Waals surface area contributed by atoms with Crippen LogP contribution < -0.4 is 5.32 Å². The molecule has 0 aromatic heterocycles. The van der Waals surface area contributed by atoms with Gasteiger partial charge < -0.3 is 24.6 Å². The highest BCUT2D eigenvalue weighted by Crippen LogP contribution is 2.60. The highest BCUT2D eigenvalue weighted by molar-refractivity contribution is 5.81. The Kier molecular flexibility index (Phi) is 7.02. The third-order valence-corrected chi connectivity index (χ3v) is 8.57. The molecule has 1 amide bonds. The summed E-state index contributed by atoms with van der Waals surface area (Å²) in [6.07, 6.45) is 2.85. The predicted molar refractivity (Wildman–Crippen MR) is 127 cm³/mol. The summed E-state index contributed by atoms with van der Waals surface area (Å²) < 4.78 is 18.3. The molecule has 9 heteroatoms. The molecule has 2 N–H and O–H groups in total. The molecule has 9 nitrogen and oxygen atoms in total. The second kappa shape index (κ2) is 9.93. The van der Waals surface area contributed by atoms with Gasteiger partial charge in [0.1, 0.15) is 5.75 Å². The number of aromatic hydroxyl groups is 1. The summed E-state index contributed by atoms with van der Waals surface area (Å²) in [6, 6.07) is 6.85. The minimum atomic E-state index is -0.884. The van der Waals surface area contributed by atoms with Gasteiger partial charge in [0, 0.05) is 31.2 Å². The van der Waals surface area contributed by atoms with Crippen molar-refractivity contribution >= 4 is 11.9 Å². The van der Waals surface area contributed by atoms with Gasteiger partial charge in [0.25, 0.3) is 0 Å². The average Bonchev–Trinajstić information content (AvgIpc) is 3.08. The Morgan fingerprint density at radius 1 is 1.08 bits per heavy atom. The Balaban J connectivity index is 1.15. The first-order chi connectivity index (χ1) is 17.2. The second-order valence-corrected chi connectivity index (χ2v) is 11.0. The van der Waals surface area contributed by atoms with Gasteiger partial charge >= 0.3 is 5.97 Å². The fourth-order valence-corrected chi connectivity index (χ4v) is 6.51. The summed E-state index contributed by atoms with van der Waals surface area (Å²) in [5.41, 5.74) is 0.304. The van der Waals surface area contributed by atoms with Crippen LogP contribution in [0.15, 0.2) is 24.3 Å². The number of hydrogen-bond acceptors (Lipinski definition) is 8. The Morgan fingerprint density at radius 2 is 1.86 bits per heavy atom. The van der Waals surface area contributed by atoms with E-state index in [0.29, 0.717) is 18.9 Å². The van der Waals surface area contributed by atoms with Gasteiger partial charge in [-0.05, 0) is 62.1 Å². The van der Waals surface area contributed by atoms with E-state index in [4.69, 9.17) is 24.0 Å². The molecule has 1 spiro atoms. The zero-order valence-electron chi connectivity index (χ0n) is 21.2. The zero-order valence-corrected chi connectivity index (χ0v) is 21.2. The summed E-state index contributed by atoms with van der Waals surface area (Å²) in [5.74, 6) is -0.693. The Morgan fingerprint density at radius 3 is 2.64 bits per heavy atom. The van der Waals surface area contributed by atoms with Gasteiger partial charge in [-0.3, -0.25) is 9.59 Å². The normalized spacial score (nSPS) is 39.1. The van der Waals surface area contributed by atoms with Crippen LogP contribution in [0, 0.1) is 23.7 Å². The lowest BCUT2D eigenvalue weighted by molar-refractivity contribution is -0.576. The first-order valence-electron chi connectivity index (χ1n) is 13.1. The van der Waals surface area contributed by atoms with Crippen LogP contribution in [-0.4, -0.2) is 47.5 Å². The highest BCUT2D eigenvalue weighted by Gasteiger charge is 2.69. The monoisotopic (exact) mass is 503 g/mol. The van der Waals surface area contributed by atoms with Crippen LogP contribution in [0.4, 0.5) is 0 Å². The van der Waals surface area contributed by atoms with Crippen molar-refractivity contribution < 1.29 is 38.7 Å². The number of rotatable bonds is 7. The third-order valence-electron chi connectivity index (χ3n) is 8.57. The number of phenols is 1. The van der Waals surface area contributed by atoms with E-state index in [1.807, 2.05) is 26.0 Å². The molecule has 0 unspecified atom stereocenters. The molecule has 1 aromatic rings. The van der Waals surface area contributed by atoms with E-state index in [9.17, 15) is 14.7 Å². The molecule has 5 aliphatic rings. The maximum absolute atomic E-state index is 12.7. The minimum Gasteiger partial charge on any atom is -0.508 e. The van der Waals surface area contributed by atoms with Crippen LogP contribution in [0.5, 0.6) is 5.75 Å². The molecule has 1 aromatic carbocycles. The molecule has 198 valence electrons. The first kappa shape index (κ1) is 25.4. The van der Waals surface area contributed by atoms with Gasteiger partial charge in [-0.2, -0.15) is 0 Å². The molecule has 4 heterocycles. The lowest BCUT2D eigenvalue weighted by Gasteiger charge is -2.59. The van der Waals surface area contributed by atoms with Gasteiger partial charge in [-0.25, -0.2) is 9.78 Å². The van der Waals surface area contributed by atoms with Crippen molar-refractivity contribution in [2.75, 3.05) is 6.54 Å². The zero-order chi connectivity index (χ0) is 25.5. The van der Waals surface area contributed by atoms with Crippen molar-refractivity contribution in [2.45, 2.75) is 89.7 Å². The lowest BCUT2D eigenvalue weighted by atomic mass is 9.58. The summed E-state index contributed by atoms with van der Waals surface area (Å²) >= 11 is 0. The van der Waals surface area contributed by atoms with E-state index in [2.05, 4.69) is 12.2 Å². The Labute approximate surface area is 211 Å². The van der Waals surface area contributed by atoms with Gasteiger partial charge in [0.15, 0.2) is 11.9 Å². The number of carbonyl (C=O) groups excluding carboxylic acids is 2. The molecule has 4 aliphatic heterocycles. The predicted octanol–water partition coefficient (Wildman–Crippen LogP) is 3.58. The molecule has 6 rings (SSSR count). The fourth-order valence-electron chi connectivity index (χ4n) is 6.51. The molecule has 5 fully saturated rings. The van der Waals surface area contributed by atoms with Crippen molar-refractivity contribution in [1.29, 1.82) is 0 Å².